The Labute approximate surface area is 215 Å². The monoisotopic (exact) mass is 478 g/mol. The van der Waals surface area contributed by atoms with E-state index in [0.717, 1.165) is 0 Å². The van der Waals surface area contributed by atoms with Crippen LogP contribution in [0, 0.1) is 5.92 Å². The lowest BCUT2D eigenvalue weighted by atomic mass is 9.94. The zero-order valence-electron chi connectivity index (χ0n) is 23.8. The lowest BCUT2D eigenvalue weighted by Gasteiger charge is -2.17. The second kappa shape index (κ2) is 26.8. The van der Waals surface area contributed by atoms with Crippen LogP contribution in [0.15, 0.2) is 12.2 Å². The molecule has 0 aromatic rings. The van der Waals surface area contributed by atoms with E-state index in [1.807, 2.05) is 0 Å². The maximum absolute atomic E-state index is 11.8. The summed E-state index contributed by atoms with van der Waals surface area (Å²) in [5.41, 5.74) is 0.515. The van der Waals surface area contributed by atoms with Gasteiger partial charge in [-0.05, 0) is 25.7 Å². The molecule has 34 heavy (non-hydrogen) atoms. The van der Waals surface area contributed by atoms with Crippen LogP contribution in [0.2, 0.25) is 0 Å². The summed E-state index contributed by atoms with van der Waals surface area (Å²) < 4.78 is 5.50. The average Bonchev–Trinajstić information content (AvgIpc) is 2.83. The Hall–Kier alpha value is -0.790. The minimum Gasteiger partial charge on any atom is -0.462 e. The number of esters is 1. The van der Waals surface area contributed by atoms with Crippen molar-refractivity contribution in [2.45, 2.75) is 175 Å². The summed E-state index contributed by atoms with van der Waals surface area (Å²) in [5.74, 6) is 0.307. The third-order valence-corrected chi connectivity index (χ3v) is 7.23. The fraction of sp³-hybridized carbons (Fsp3) is 0.906. The minimum absolute atomic E-state index is 0.222. The topological polar surface area (TPSA) is 26.3 Å². The van der Waals surface area contributed by atoms with Gasteiger partial charge in [0.1, 0.15) is 0 Å². The van der Waals surface area contributed by atoms with Crippen molar-refractivity contribution >= 4 is 5.97 Å². The number of rotatable bonds is 27. The van der Waals surface area contributed by atoms with Gasteiger partial charge < -0.3 is 4.74 Å². The van der Waals surface area contributed by atoms with E-state index in [-0.39, 0.29) is 5.97 Å². The molecule has 0 aromatic carbocycles. The Bertz CT molecular complexity index is 442. The summed E-state index contributed by atoms with van der Waals surface area (Å²) in [4.78, 5) is 11.8. The van der Waals surface area contributed by atoms with Gasteiger partial charge in [-0.25, -0.2) is 4.79 Å². The maximum atomic E-state index is 11.8. The number of hydrogen-bond acceptors (Lipinski definition) is 2. The highest BCUT2D eigenvalue weighted by Crippen LogP contribution is 2.20. The van der Waals surface area contributed by atoms with Gasteiger partial charge in [-0.1, -0.05) is 162 Å². The molecule has 0 amide bonds. The molecule has 0 spiro atoms. The first-order valence-electron chi connectivity index (χ1n) is 15.4. The first kappa shape index (κ1) is 33.2. The van der Waals surface area contributed by atoms with Crippen LogP contribution in [0.3, 0.4) is 0 Å². The smallest absolute Gasteiger partial charge is 0.333 e. The summed E-state index contributed by atoms with van der Waals surface area (Å²) in [6, 6.07) is 0. The van der Waals surface area contributed by atoms with Crippen molar-refractivity contribution in [3.8, 4) is 0 Å². The van der Waals surface area contributed by atoms with Gasteiger partial charge in [-0.3, -0.25) is 0 Å². The molecule has 0 aliphatic rings. The van der Waals surface area contributed by atoms with Gasteiger partial charge in [-0.15, -0.1) is 0 Å². The first-order chi connectivity index (χ1) is 16.6. The molecule has 2 heteroatoms. The van der Waals surface area contributed by atoms with E-state index in [4.69, 9.17) is 4.74 Å². The molecule has 2 nitrogen and oxygen atoms in total. The Kier molecular flexibility index (Phi) is 26.2. The molecule has 0 aromatic heterocycles. The summed E-state index contributed by atoms with van der Waals surface area (Å²) in [6.07, 6.45) is 33.0. The van der Waals surface area contributed by atoms with Crippen molar-refractivity contribution in [3.63, 3.8) is 0 Å². The molecule has 202 valence electrons. The predicted octanol–water partition coefficient (Wildman–Crippen LogP) is 11.1. The van der Waals surface area contributed by atoms with E-state index < -0.39 is 0 Å². The number of ether oxygens (including phenoxy) is 1. The molecule has 1 unspecified atom stereocenters. The minimum atomic E-state index is -0.222. The van der Waals surface area contributed by atoms with Gasteiger partial charge in [-0.2, -0.15) is 0 Å². The second-order valence-corrected chi connectivity index (χ2v) is 10.9. The predicted molar refractivity (Wildman–Crippen MR) is 151 cm³/mol. The number of unbranched alkanes of at least 4 members (excludes halogenated alkanes) is 20. The van der Waals surface area contributed by atoms with E-state index in [1.54, 1.807) is 6.92 Å². The van der Waals surface area contributed by atoms with E-state index in [1.165, 1.54) is 154 Å². The fourth-order valence-electron chi connectivity index (χ4n) is 4.82. The molecule has 0 aliphatic heterocycles. The Morgan fingerprint density at radius 3 is 1.15 bits per heavy atom. The zero-order valence-corrected chi connectivity index (χ0v) is 23.8. The van der Waals surface area contributed by atoms with Crippen LogP contribution in [-0.4, -0.2) is 12.6 Å². The Morgan fingerprint density at radius 1 is 0.559 bits per heavy atom. The molecule has 0 saturated carbocycles. The fourth-order valence-corrected chi connectivity index (χ4v) is 4.82. The SMILES string of the molecule is C=C(C)C(=O)OCC(CCCCCCCC)CCCCCCCCCCCCCCCCCC. The normalized spacial score (nSPS) is 12.1. The van der Waals surface area contributed by atoms with Crippen LogP contribution in [0.4, 0.5) is 0 Å². The van der Waals surface area contributed by atoms with Crippen LogP contribution in [0.25, 0.3) is 0 Å². The highest BCUT2D eigenvalue weighted by atomic mass is 16.5. The number of carbonyl (C=O) groups is 1. The second-order valence-electron chi connectivity index (χ2n) is 10.9. The van der Waals surface area contributed by atoms with E-state index in [9.17, 15) is 4.79 Å². The van der Waals surface area contributed by atoms with E-state index in [2.05, 4.69) is 20.4 Å². The van der Waals surface area contributed by atoms with E-state index >= 15 is 0 Å². The Balaban J connectivity index is 3.68. The van der Waals surface area contributed by atoms with Crippen LogP contribution < -0.4 is 0 Å². The molecule has 0 N–H and O–H groups in total. The van der Waals surface area contributed by atoms with Crippen molar-refractivity contribution < 1.29 is 9.53 Å². The van der Waals surface area contributed by atoms with Crippen LogP contribution in [-0.2, 0) is 9.53 Å². The summed E-state index contributed by atoms with van der Waals surface area (Å²) in [7, 11) is 0. The third-order valence-electron chi connectivity index (χ3n) is 7.23. The van der Waals surface area contributed by atoms with Gasteiger partial charge >= 0.3 is 5.97 Å². The van der Waals surface area contributed by atoms with E-state index in [0.29, 0.717) is 18.1 Å². The van der Waals surface area contributed by atoms with Gasteiger partial charge in [0.15, 0.2) is 0 Å². The van der Waals surface area contributed by atoms with Crippen LogP contribution >= 0.6 is 0 Å². The molecule has 0 saturated heterocycles. The zero-order chi connectivity index (χ0) is 25.1. The molecule has 0 aliphatic carbocycles. The summed E-state index contributed by atoms with van der Waals surface area (Å²) >= 11 is 0. The van der Waals surface area contributed by atoms with Crippen LogP contribution in [0.1, 0.15) is 175 Å². The summed E-state index contributed by atoms with van der Waals surface area (Å²) in [6.45, 7) is 10.6. The molecule has 0 fully saturated rings. The molecular weight excluding hydrogens is 416 g/mol. The standard InChI is InChI=1S/C32H62O2/c1-5-7-9-11-13-14-15-16-17-18-19-20-21-22-24-26-28-31(29-34-32(33)30(3)4)27-25-23-12-10-8-6-2/h31H,3,5-29H2,1-2,4H3. The lowest BCUT2D eigenvalue weighted by molar-refractivity contribution is -0.140. The molecule has 0 bridgehead atoms. The van der Waals surface area contributed by atoms with Gasteiger partial charge in [0.2, 0.25) is 0 Å². The van der Waals surface area contributed by atoms with Crippen molar-refractivity contribution in [2.75, 3.05) is 6.61 Å². The molecule has 1 atom stereocenters. The Morgan fingerprint density at radius 2 is 0.853 bits per heavy atom. The van der Waals surface area contributed by atoms with Crippen molar-refractivity contribution in [1.29, 1.82) is 0 Å². The van der Waals surface area contributed by atoms with Gasteiger partial charge in [0, 0.05) is 5.57 Å². The third kappa shape index (κ3) is 24.3. The van der Waals surface area contributed by atoms with Gasteiger partial charge in [0.05, 0.1) is 6.61 Å². The quantitative estimate of drug-likeness (QED) is 0.0666. The number of carbonyl (C=O) groups excluding carboxylic acids is 1. The number of hydrogen-bond donors (Lipinski definition) is 0. The average molecular weight is 479 g/mol. The molecular formula is C32H62O2. The highest BCUT2D eigenvalue weighted by Gasteiger charge is 2.12. The lowest BCUT2D eigenvalue weighted by Crippen LogP contribution is -2.15. The van der Waals surface area contributed by atoms with Crippen LogP contribution in [0.5, 0.6) is 0 Å². The highest BCUT2D eigenvalue weighted by molar-refractivity contribution is 5.86. The molecule has 0 heterocycles. The van der Waals surface area contributed by atoms with Gasteiger partial charge in [0.25, 0.3) is 0 Å². The molecule has 0 rings (SSSR count). The van der Waals surface area contributed by atoms with Crippen molar-refractivity contribution in [3.05, 3.63) is 12.2 Å². The maximum Gasteiger partial charge on any atom is 0.333 e. The first-order valence-corrected chi connectivity index (χ1v) is 15.4. The van der Waals surface area contributed by atoms with Crippen molar-refractivity contribution in [1.82, 2.24) is 0 Å². The van der Waals surface area contributed by atoms with Crippen molar-refractivity contribution in [2.24, 2.45) is 5.92 Å². The largest absolute Gasteiger partial charge is 0.462 e. The molecule has 0 radical (unpaired) electrons. The summed E-state index contributed by atoms with van der Waals surface area (Å²) in [5, 5.41) is 0.